The van der Waals surface area contributed by atoms with Gasteiger partial charge >= 0.3 is 6.09 Å². The van der Waals surface area contributed by atoms with Crippen molar-refractivity contribution in [1.29, 1.82) is 0 Å². The van der Waals surface area contributed by atoms with Crippen molar-refractivity contribution in [2.75, 3.05) is 17.2 Å². The Morgan fingerprint density at radius 1 is 1.07 bits per heavy atom. The van der Waals surface area contributed by atoms with Crippen molar-refractivity contribution in [1.82, 2.24) is 0 Å². The van der Waals surface area contributed by atoms with E-state index >= 15 is 0 Å². The predicted molar refractivity (Wildman–Crippen MR) is 107 cm³/mol. The van der Waals surface area contributed by atoms with Gasteiger partial charge in [-0.1, -0.05) is 31.0 Å². The highest BCUT2D eigenvalue weighted by molar-refractivity contribution is 6.01. The third-order valence-electron chi connectivity index (χ3n) is 5.36. The molecule has 2 amide bonds. The molecule has 1 saturated carbocycles. The molecule has 0 aliphatic heterocycles. The van der Waals surface area contributed by atoms with Gasteiger partial charge in [-0.15, -0.1) is 0 Å². The Bertz CT molecular complexity index is 876. The topological polar surface area (TPSA) is 67.4 Å². The zero-order chi connectivity index (χ0) is 20.1. The highest BCUT2D eigenvalue weighted by Crippen LogP contribution is 2.42. The summed E-state index contributed by atoms with van der Waals surface area (Å²) in [7, 11) is 0. The van der Waals surface area contributed by atoms with Gasteiger partial charge in [-0.2, -0.15) is 0 Å². The lowest BCUT2D eigenvalue weighted by Crippen LogP contribution is -2.38. The summed E-state index contributed by atoms with van der Waals surface area (Å²) in [6, 6.07) is 11.6. The lowest BCUT2D eigenvalue weighted by Gasteiger charge is -2.29. The Labute approximate surface area is 164 Å². The molecule has 0 spiro atoms. The van der Waals surface area contributed by atoms with Crippen molar-refractivity contribution in [3.8, 4) is 0 Å². The molecule has 3 rings (SSSR count). The van der Waals surface area contributed by atoms with E-state index in [9.17, 15) is 14.0 Å². The molecule has 5 nitrogen and oxygen atoms in total. The van der Waals surface area contributed by atoms with Crippen LogP contribution in [0.25, 0.3) is 0 Å². The van der Waals surface area contributed by atoms with Gasteiger partial charge in [0.25, 0.3) is 0 Å². The first-order chi connectivity index (χ1) is 13.5. The molecule has 28 heavy (non-hydrogen) atoms. The number of anilines is 2. The van der Waals surface area contributed by atoms with E-state index in [2.05, 4.69) is 10.6 Å². The molecule has 2 aromatic carbocycles. The number of benzene rings is 2. The quantitative estimate of drug-likeness (QED) is 0.749. The van der Waals surface area contributed by atoms with Gasteiger partial charge in [0.15, 0.2) is 0 Å². The van der Waals surface area contributed by atoms with Crippen LogP contribution in [-0.4, -0.2) is 18.6 Å². The smallest absolute Gasteiger partial charge is 0.411 e. The predicted octanol–water partition coefficient (Wildman–Crippen LogP) is 5.15. The molecule has 0 aromatic heterocycles. The monoisotopic (exact) mass is 384 g/mol. The van der Waals surface area contributed by atoms with Crippen LogP contribution in [0.15, 0.2) is 42.5 Å². The van der Waals surface area contributed by atoms with E-state index in [0.29, 0.717) is 29.8 Å². The van der Waals surface area contributed by atoms with Gasteiger partial charge in [-0.3, -0.25) is 10.1 Å². The van der Waals surface area contributed by atoms with Crippen molar-refractivity contribution >= 4 is 23.4 Å². The summed E-state index contributed by atoms with van der Waals surface area (Å²) < 4.78 is 18.7. The molecule has 1 fully saturated rings. The van der Waals surface area contributed by atoms with Crippen molar-refractivity contribution in [3.05, 3.63) is 59.4 Å². The lowest BCUT2D eigenvalue weighted by atomic mass is 9.78. The summed E-state index contributed by atoms with van der Waals surface area (Å²) in [4.78, 5) is 25.0. The standard InChI is InChI=1S/C22H25FN2O3/c1-3-28-21(27)25-19-11-7-10-18(15(19)2)24-20(26)22(12-4-5-13-22)16-8-6-9-17(23)14-16/h6-11,14H,3-5,12-13H2,1-2H3,(H,24,26)(H,25,27). The van der Waals surface area contributed by atoms with E-state index in [0.717, 1.165) is 18.4 Å². The molecule has 0 saturated heterocycles. The summed E-state index contributed by atoms with van der Waals surface area (Å²) in [6.07, 6.45) is 2.67. The van der Waals surface area contributed by atoms with Crippen molar-refractivity contribution in [2.45, 2.75) is 44.9 Å². The van der Waals surface area contributed by atoms with Crippen molar-refractivity contribution in [2.24, 2.45) is 0 Å². The van der Waals surface area contributed by atoms with Gasteiger partial charge in [-0.05, 0) is 62.1 Å². The summed E-state index contributed by atoms with van der Waals surface area (Å²) >= 11 is 0. The lowest BCUT2D eigenvalue weighted by molar-refractivity contribution is -0.121. The minimum Gasteiger partial charge on any atom is -0.450 e. The van der Waals surface area contributed by atoms with Crippen LogP contribution >= 0.6 is 0 Å². The van der Waals surface area contributed by atoms with E-state index < -0.39 is 11.5 Å². The average Bonchev–Trinajstić information content (AvgIpc) is 3.16. The van der Waals surface area contributed by atoms with E-state index in [1.54, 1.807) is 31.2 Å². The summed E-state index contributed by atoms with van der Waals surface area (Å²) in [5, 5.41) is 5.68. The average molecular weight is 384 g/mol. The normalized spacial score (nSPS) is 15.1. The van der Waals surface area contributed by atoms with Crippen molar-refractivity contribution < 1.29 is 18.7 Å². The molecule has 0 atom stereocenters. The number of amides is 2. The first-order valence-electron chi connectivity index (χ1n) is 9.57. The summed E-state index contributed by atoms with van der Waals surface area (Å²) in [5.74, 6) is -0.486. The Kier molecular flexibility index (Phi) is 5.97. The number of rotatable bonds is 5. The van der Waals surface area contributed by atoms with Crippen LogP contribution in [-0.2, 0) is 14.9 Å². The molecule has 6 heteroatoms. The Hall–Kier alpha value is -2.89. The molecular weight excluding hydrogens is 359 g/mol. The fraction of sp³-hybridized carbons (Fsp3) is 0.364. The molecule has 0 heterocycles. The molecule has 148 valence electrons. The second kappa shape index (κ2) is 8.42. The van der Waals surface area contributed by atoms with Crippen LogP contribution in [0, 0.1) is 12.7 Å². The third-order valence-corrected chi connectivity index (χ3v) is 5.36. The summed E-state index contributed by atoms with van der Waals surface area (Å²) in [6.45, 7) is 3.83. The van der Waals surface area contributed by atoms with Crippen LogP contribution in [0.4, 0.5) is 20.6 Å². The maximum atomic E-state index is 13.8. The number of halogens is 1. The van der Waals surface area contributed by atoms with Gasteiger partial charge in [0.1, 0.15) is 5.82 Å². The molecule has 1 aliphatic carbocycles. The highest BCUT2D eigenvalue weighted by Gasteiger charge is 2.43. The number of carbonyl (C=O) groups is 2. The molecule has 0 radical (unpaired) electrons. The first-order valence-corrected chi connectivity index (χ1v) is 9.57. The third kappa shape index (κ3) is 4.01. The summed E-state index contributed by atoms with van der Waals surface area (Å²) in [5.41, 5.74) is 1.89. The van der Waals surface area contributed by atoms with Crippen LogP contribution in [0.2, 0.25) is 0 Å². The second-order valence-electron chi connectivity index (χ2n) is 7.08. The van der Waals surface area contributed by atoms with Gasteiger partial charge in [-0.25, -0.2) is 9.18 Å². The SMILES string of the molecule is CCOC(=O)Nc1cccc(NC(=O)C2(c3cccc(F)c3)CCCC2)c1C. The van der Waals surface area contributed by atoms with Gasteiger partial charge in [0.05, 0.1) is 12.0 Å². The number of nitrogens with one attached hydrogen (secondary N) is 2. The van der Waals surface area contributed by atoms with Crippen LogP contribution in [0.5, 0.6) is 0 Å². The maximum Gasteiger partial charge on any atom is 0.411 e. The van der Waals surface area contributed by atoms with E-state index in [1.807, 2.05) is 13.0 Å². The Morgan fingerprint density at radius 2 is 1.71 bits per heavy atom. The zero-order valence-electron chi connectivity index (χ0n) is 16.2. The molecule has 2 N–H and O–H groups in total. The van der Waals surface area contributed by atoms with Crippen LogP contribution < -0.4 is 10.6 Å². The van der Waals surface area contributed by atoms with Gasteiger partial charge in [0.2, 0.25) is 5.91 Å². The maximum absolute atomic E-state index is 13.8. The fourth-order valence-electron chi connectivity index (χ4n) is 3.84. The molecule has 1 aliphatic rings. The van der Waals surface area contributed by atoms with E-state index in [4.69, 9.17) is 4.74 Å². The first kappa shape index (κ1) is 19.9. The molecule has 0 unspecified atom stereocenters. The minimum atomic E-state index is -0.737. The van der Waals surface area contributed by atoms with Crippen LogP contribution in [0.1, 0.15) is 43.7 Å². The second-order valence-corrected chi connectivity index (χ2v) is 7.08. The largest absolute Gasteiger partial charge is 0.450 e. The fourth-order valence-corrected chi connectivity index (χ4v) is 3.84. The highest BCUT2D eigenvalue weighted by atomic mass is 19.1. The zero-order valence-corrected chi connectivity index (χ0v) is 16.2. The Balaban J connectivity index is 1.86. The van der Waals surface area contributed by atoms with E-state index in [-0.39, 0.29) is 18.3 Å². The van der Waals surface area contributed by atoms with Gasteiger partial charge in [0, 0.05) is 11.4 Å². The molecule has 2 aromatic rings. The number of hydrogen-bond donors (Lipinski definition) is 2. The van der Waals surface area contributed by atoms with Crippen LogP contribution in [0.3, 0.4) is 0 Å². The molecule has 0 bridgehead atoms. The number of hydrogen-bond acceptors (Lipinski definition) is 3. The van der Waals surface area contributed by atoms with E-state index in [1.165, 1.54) is 12.1 Å². The van der Waals surface area contributed by atoms with Crippen molar-refractivity contribution in [3.63, 3.8) is 0 Å². The van der Waals surface area contributed by atoms with Gasteiger partial charge < -0.3 is 10.1 Å². The molecular formula is C22H25FN2O3. The number of carbonyl (C=O) groups excluding carboxylic acids is 2. The Morgan fingerprint density at radius 3 is 2.36 bits per heavy atom. The number of ether oxygens (including phenoxy) is 1. The minimum absolute atomic E-state index is 0.146.